The summed E-state index contributed by atoms with van der Waals surface area (Å²) in [4.78, 5) is 10.5. The van der Waals surface area contributed by atoms with Gasteiger partial charge in [-0.2, -0.15) is 0 Å². The van der Waals surface area contributed by atoms with E-state index in [-0.39, 0.29) is 5.97 Å². The fraction of sp³-hybridized carbons (Fsp3) is 0.917. The van der Waals surface area contributed by atoms with Crippen molar-refractivity contribution in [2.45, 2.75) is 57.7 Å². The Hall–Kier alpha value is -0.353. The lowest BCUT2D eigenvalue weighted by atomic mass is 10.2. The number of ether oxygens (including phenoxy) is 1. The van der Waals surface area contributed by atoms with Crippen molar-refractivity contribution in [1.29, 1.82) is 0 Å². The molecule has 2 aliphatic heterocycles. The smallest absolute Gasteiger partial charge is 0.305 e. The molecule has 0 bridgehead atoms. The van der Waals surface area contributed by atoms with E-state index < -0.39 is 8.32 Å². The third-order valence-electron chi connectivity index (χ3n) is 2.95. The molecule has 2 saturated heterocycles. The van der Waals surface area contributed by atoms with Crippen LogP contribution >= 0.6 is 0 Å². The number of hydrogen-bond donors (Lipinski definition) is 0. The van der Waals surface area contributed by atoms with E-state index >= 15 is 0 Å². The van der Waals surface area contributed by atoms with Gasteiger partial charge in [0.1, 0.15) is 0 Å². The fourth-order valence-electron chi connectivity index (χ4n) is 1.88. The predicted octanol–water partition coefficient (Wildman–Crippen LogP) is 3.11. The molecule has 2 aliphatic rings. The van der Waals surface area contributed by atoms with Crippen LogP contribution in [0.25, 0.3) is 0 Å². The highest BCUT2D eigenvalue weighted by Crippen LogP contribution is 2.20. The molecular weight excluding hydrogens is 220 g/mol. The number of carbonyl (C=O) groups excluding carboxylic acids is 1. The van der Waals surface area contributed by atoms with Crippen LogP contribution in [0, 0.1) is 0 Å². The zero-order valence-electron chi connectivity index (χ0n) is 10.6. The van der Waals surface area contributed by atoms with Gasteiger partial charge in [-0.05, 0) is 44.8 Å². The lowest BCUT2D eigenvalue weighted by Crippen LogP contribution is -2.33. The SMILES string of the molecule is C[Si]1(C)CCCCO1.O=C1CCCCCO1. The molecule has 2 heterocycles. The van der Waals surface area contributed by atoms with Gasteiger partial charge in [-0.3, -0.25) is 4.79 Å². The van der Waals surface area contributed by atoms with Crippen LogP contribution in [0.3, 0.4) is 0 Å². The van der Waals surface area contributed by atoms with Crippen molar-refractivity contribution < 1.29 is 14.0 Å². The van der Waals surface area contributed by atoms with Crippen molar-refractivity contribution >= 4 is 14.3 Å². The van der Waals surface area contributed by atoms with Crippen LogP contribution in [-0.2, 0) is 14.0 Å². The average molecular weight is 244 g/mol. The normalized spacial score (nSPS) is 24.8. The van der Waals surface area contributed by atoms with Crippen molar-refractivity contribution in [2.24, 2.45) is 0 Å². The molecule has 4 heteroatoms. The van der Waals surface area contributed by atoms with E-state index in [2.05, 4.69) is 13.1 Å². The van der Waals surface area contributed by atoms with Crippen molar-refractivity contribution in [3.8, 4) is 0 Å². The zero-order valence-corrected chi connectivity index (χ0v) is 11.6. The first-order valence-corrected chi connectivity index (χ1v) is 9.51. The molecule has 0 aromatic rings. The largest absolute Gasteiger partial charge is 0.466 e. The van der Waals surface area contributed by atoms with Crippen molar-refractivity contribution in [2.75, 3.05) is 13.2 Å². The highest BCUT2D eigenvalue weighted by molar-refractivity contribution is 6.71. The predicted molar refractivity (Wildman–Crippen MR) is 66.9 cm³/mol. The summed E-state index contributed by atoms with van der Waals surface area (Å²) in [7, 11) is -1.09. The Bertz CT molecular complexity index is 198. The standard InChI is InChI=1S/C6H10O2.C6H14OSi/c7-6-4-2-1-3-5-8-6;1-8(2)6-4-3-5-7-8/h1-5H2;3-6H2,1-2H3. The molecule has 0 unspecified atom stereocenters. The maximum Gasteiger partial charge on any atom is 0.305 e. The van der Waals surface area contributed by atoms with Crippen LogP contribution in [0.4, 0.5) is 0 Å². The topological polar surface area (TPSA) is 35.5 Å². The van der Waals surface area contributed by atoms with Gasteiger partial charge in [-0.1, -0.05) is 6.42 Å². The molecule has 2 rings (SSSR count). The van der Waals surface area contributed by atoms with Crippen LogP contribution in [0.15, 0.2) is 0 Å². The quantitative estimate of drug-likeness (QED) is 0.485. The number of cyclic esters (lactones) is 1. The van der Waals surface area contributed by atoms with Crippen molar-refractivity contribution in [1.82, 2.24) is 0 Å². The molecule has 94 valence electrons. The Morgan fingerprint density at radius 1 is 1.00 bits per heavy atom. The fourth-order valence-corrected chi connectivity index (χ4v) is 3.82. The van der Waals surface area contributed by atoms with Crippen molar-refractivity contribution in [3.05, 3.63) is 0 Å². The lowest BCUT2D eigenvalue weighted by Gasteiger charge is -2.27. The van der Waals surface area contributed by atoms with Crippen LogP contribution < -0.4 is 0 Å². The van der Waals surface area contributed by atoms with Crippen LogP contribution in [0.2, 0.25) is 19.1 Å². The highest BCUT2D eigenvalue weighted by atomic mass is 28.4. The Kier molecular flexibility index (Phi) is 6.06. The van der Waals surface area contributed by atoms with Gasteiger partial charge in [0.2, 0.25) is 0 Å². The van der Waals surface area contributed by atoms with E-state index in [4.69, 9.17) is 9.16 Å². The van der Waals surface area contributed by atoms with E-state index in [0.29, 0.717) is 13.0 Å². The summed E-state index contributed by atoms with van der Waals surface area (Å²) >= 11 is 0. The van der Waals surface area contributed by atoms with Crippen LogP contribution in [-0.4, -0.2) is 27.5 Å². The molecule has 0 spiro atoms. The number of esters is 1. The van der Waals surface area contributed by atoms with Gasteiger partial charge >= 0.3 is 5.97 Å². The van der Waals surface area contributed by atoms with Crippen LogP contribution in [0.5, 0.6) is 0 Å². The number of hydrogen-bond acceptors (Lipinski definition) is 3. The second kappa shape index (κ2) is 7.07. The molecular formula is C12H24O3Si. The minimum absolute atomic E-state index is 0.0255. The molecule has 0 amide bonds. The summed E-state index contributed by atoms with van der Waals surface area (Å²) in [5, 5.41) is 0. The van der Waals surface area contributed by atoms with Gasteiger partial charge < -0.3 is 9.16 Å². The number of rotatable bonds is 0. The lowest BCUT2D eigenvalue weighted by molar-refractivity contribution is -0.142. The van der Waals surface area contributed by atoms with Gasteiger partial charge in [0.05, 0.1) is 6.61 Å². The molecule has 0 N–H and O–H groups in total. The third-order valence-corrected chi connectivity index (χ3v) is 5.50. The van der Waals surface area contributed by atoms with Gasteiger partial charge in [0, 0.05) is 13.0 Å². The van der Waals surface area contributed by atoms with E-state index in [9.17, 15) is 4.79 Å². The molecule has 16 heavy (non-hydrogen) atoms. The molecule has 0 aromatic heterocycles. The van der Waals surface area contributed by atoms with E-state index in [0.717, 1.165) is 25.9 Å². The van der Waals surface area contributed by atoms with Gasteiger partial charge in [-0.25, -0.2) is 0 Å². The summed E-state index contributed by atoms with van der Waals surface area (Å²) in [6.07, 6.45) is 6.52. The first-order valence-electron chi connectivity index (χ1n) is 6.40. The van der Waals surface area contributed by atoms with E-state index in [1.54, 1.807) is 0 Å². The minimum Gasteiger partial charge on any atom is -0.466 e. The summed E-state index contributed by atoms with van der Waals surface area (Å²) in [5.41, 5.74) is 0. The van der Waals surface area contributed by atoms with E-state index in [1.807, 2.05) is 0 Å². The van der Waals surface area contributed by atoms with Gasteiger partial charge in [0.15, 0.2) is 8.32 Å². The minimum atomic E-state index is -1.09. The second-order valence-corrected chi connectivity index (χ2v) is 9.40. The monoisotopic (exact) mass is 244 g/mol. The molecule has 0 atom stereocenters. The molecule has 0 aromatic carbocycles. The van der Waals surface area contributed by atoms with Gasteiger partial charge in [-0.15, -0.1) is 0 Å². The van der Waals surface area contributed by atoms with E-state index in [1.165, 1.54) is 18.9 Å². The molecule has 0 saturated carbocycles. The maximum atomic E-state index is 10.5. The third kappa shape index (κ3) is 6.28. The Morgan fingerprint density at radius 2 is 1.75 bits per heavy atom. The zero-order chi connectivity index (χ0) is 11.9. The maximum absolute atomic E-state index is 10.5. The highest BCUT2D eigenvalue weighted by Gasteiger charge is 2.24. The first-order chi connectivity index (χ1) is 7.60. The van der Waals surface area contributed by atoms with Crippen molar-refractivity contribution in [3.63, 3.8) is 0 Å². The first kappa shape index (κ1) is 13.7. The molecule has 0 radical (unpaired) electrons. The van der Waals surface area contributed by atoms with Crippen LogP contribution in [0.1, 0.15) is 38.5 Å². The molecule has 2 fully saturated rings. The average Bonchev–Trinajstić information content (AvgIpc) is 2.46. The Balaban J connectivity index is 0.000000160. The second-order valence-electron chi connectivity index (χ2n) is 5.10. The molecule has 0 aliphatic carbocycles. The molecule has 3 nitrogen and oxygen atoms in total. The summed E-state index contributed by atoms with van der Waals surface area (Å²) in [6.45, 7) is 6.26. The Labute approximate surface area is 99.6 Å². The number of carbonyl (C=O) groups is 1. The summed E-state index contributed by atoms with van der Waals surface area (Å²) in [5.74, 6) is -0.0255. The Morgan fingerprint density at radius 3 is 2.31 bits per heavy atom. The summed E-state index contributed by atoms with van der Waals surface area (Å²) < 4.78 is 10.4. The summed E-state index contributed by atoms with van der Waals surface area (Å²) in [6, 6.07) is 1.37. The van der Waals surface area contributed by atoms with Gasteiger partial charge in [0.25, 0.3) is 0 Å².